The zero-order valence-corrected chi connectivity index (χ0v) is 11.0. The Bertz CT molecular complexity index is 346. The number of carbonyl (C=O) groups is 1. The highest BCUT2D eigenvalue weighted by atomic mass is 16.2. The average Bonchev–Trinajstić information content (AvgIpc) is 2.38. The number of hydrogen-bond donors (Lipinski definition) is 1. The fourth-order valence-electron chi connectivity index (χ4n) is 1.52. The van der Waals surface area contributed by atoms with E-state index in [-0.39, 0.29) is 5.91 Å². The van der Waals surface area contributed by atoms with Gasteiger partial charge in [0.2, 0.25) is 5.91 Å². The molecule has 0 aromatic heterocycles. The summed E-state index contributed by atoms with van der Waals surface area (Å²) in [7, 11) is 1.82. The third-order valence-electron chi connectivity index (χ3n) is 2.94. The van der Waals surface area contributed by atoms with Gasteiger partial charge in [0.1, 0.15) is 0 Å². The first-order chi connectivity index (χ1) is 8.17. The number of carbonyl (C=O) groups excluding carboxylic acids is 1. The summed E-state index contributed by atoms with van der Waals surface area (Å²) in [5.41, 5.74) is 2.56. The second-order valence-corrected chi connectivity index (χ2v) is 4.18. The van der Waals surface area contributed by atoms with Gasteiger partial charge in [-0.05, 0) is 24.5 Å². The van der Waals surface area contributed by atoms with Crippen LogP contribution in [0.4, 0.5) is 0 Å². The van der Waals surface area contributed by atoms with Crippen molar-refractivity contribution in [1.29, 1.82) is 0 Å². The van der Waals surface area contributed by atoms with Crippen LogP contribution in [0.3, 0.4) is 0 Å². The number of amides is 1. The van der Waals surface area contributed by atoms with Crippen molar-refractivity contribution in [2.45, 2.75) is 26.8 Å². The summed E-state index contributed by atoms with van der Waals surface area (Å²) >= 11 is 0. The van der Waals surface area contributed by atoms with Crippen LogP contribution in [0.2, 0.25) is 0 Å². The lowest BCUT2D eigenvalue weighted by Crippen LogP contribution is -2.35. The first-order valence-corrected chi connectivity index (χ1v) is 6.19. The maximum atomic E-state index is 11.5. The van der Waals surface area contributed by atoms with Gasteiger partial charge in [0.15, 0.2) is 0 Å². The number of hydrogen-bond acceptors (Lipinski definition) is 2. The van der Waals surface area contributed by atoms with Gasteiger partial charge in [-0.25, -0.2) is 0 Å². The topological polar surface area (TPSA) is 32.3 Å². The van der Waals surface area contributed by atoms with Crippen LogP contribution < -0.4 is 5.32 Å². The molecule has 0 atom stereocenters. The Hall–Kier alpha value is -1.35. The molecule has 0 aliphatic rings. The molecule has 94 valence electrons. The number of likely N-dealkylation sites (N-methyl/N-ethyl adjacent to an activating group) is 1. The number of rotatable bonds is 6. The zero-order valence-electron chi connectivity index (χ0n) is 11.0. The lowest BCUT2D eigenvalue weighted by molar-refractivity contribution is -0.128. The Morgan fingerprint density at radius 1 is 1.18 bits per heavy atom. The van der Waals surface area contributed by atoms with Crippen molar-refractivity contribution in [3.8, 4) is 0 Å². The van der Waals surface area contributed by atoms with Crippen molar-refractivity contribution in [2.75, 3.05) is 20.1 Å². The first kappa shape index (κ1) is 13.7. The Morgan fingerprint density at radius 3 is 2.29 bits per heavy atom. The van der Waals surface area contributed by atoms with Crippen molar-refractivity contribution in [3.63, 3.8) is 0 Å². The van der Waals surface area contributed by atoms with Gasteiger partial charge in [-0.1, -0.05) is 31.2 Å². The molecular weight excluding hydrogens is 212 g/mol. The maximum Gasteiger partial charge on any atom is 0.236 e. The van der Waals surface area contributed by atoms with Crippen molar-refractivity contribution < 1.29 is 4.79 Å². The minimum absolute atomic E-state index is 0.137. The van der Waals surface area contributed by atoms with Crippen LogP contribution in [0.1, 0.15) is 25.0 Å². The van der Waals surface area contributed by atoms with E-state index in [2.05, 4.69) is 36.5 Å². The fraction of sp³-hybridized carbons (Fsp3) is 0.500. The predicted molar refractivity (Wildman–Crippen MR) is 70.8 cm³/mol. The van der Waals surface area contributed by atoms with E-state index < -0.39 is 0 Å². The summed E-state index contributed by atoms with van der Waals surface area (Å²) in [5, 5.41) is 3.16. The predicted octanol–water partition coefficient (Wildman–Crippen LogP) is 1.82. The van der Waals surface area contributed by atoms with Gasteiger partial charge < -0.3 is 10.2 Å². The largest absolute Gasteiger partial charge is 0.345 e. The molecule has 0 unspecified atom stereocenters. The van der Waals surface area contributed by atoms with E-state index in [1.54, 1.807) is 4.90 Å². The lowest BCUT2D eigenvalue weighted by Gasteiger charge is -2.14. The normalized spacial score (nSPS) is 10.3. The van der Waals surface area contributed by atoms with Crippen LogP contribution in [0.25, 0.3) is 0 Å². The molecule has 0 fully saturated rings. The summed E-state index contributed by atoms with van der Waals surface area (Å²) in [6.45, 7) is 6.02. The standard InChI is InChI=1S/C14H22N2O/c1-4-12-6-8-13(9-7-12)10-15-11-14(17)16(3)5-2/h6-9,15H,4-5,10-11H2,1-3H3. The summed E-state index contributed by atoms with van der Waals surface area (Å²) in [6.07, 6.45) is 1.06. The highest BCUT2D eigenvalue weighted by Gasteiger charge is 2.04. The molecule has 0 saturated carbocycles. The molecule has 0 bridgehead atoms. The molecule has 0 heterocycles. The summed E-state index contributed by atoms with van der Waals surface area (Å²) in [4.78, 5) is 13.2. The number of nitrogens with one attached hydrogen (secondary N) is 1. The number of nitrogens with zero attached hydrogens (tertiary/aromatic N) is 1. The van der Waals surface area contributed by atoms with Gasteiger partial charge in [0.05, 0.1) is 6.54 Å². The van der Waals surface area contributed by atoms with E-state index in [9.17, 15) is 4.79 Å². The fourth-order valence-corrected chi connectivity index (χ4v) is 1.52. The third-order valence-corrected chi connectivity index (χ3v) is 2.94. The Labute approximate surface area is 104 Å². The second kappa shape index (κ2) is 7.07. The first-order valence-electron chi connectivity index (χ1n) is 6.19. The van der Waals surface area contributed by atoms with Gasteiger partial charge in [0, 0.05) is 20.1 Å². The minimum Gasteiger partial charge on any atom is -0.345 e. The molecule has 1 rings (SSSR count). The molecule has 3 heteroatoms. The Balaban J connectivity index is 2.33. The Morgan fingerprint density at radius 2 is 1.76 bits per heavy atom. The molecule has 0 spiro atoms. The quantitative estimate of drug-likeness (QED) is 0.814. The van der Waals surface area contributed by atoms with E-state index in [0.717, 1.165) is 19.5 Å². The zero-order chi connectivity index (χ0) is 12.7. The van der Waals surface area contributed by atoms with Gasteiger partial charge in [-0.2, -0.15) is 0 Å². The third kappa shape index (κ3) is 4.57. The number of benzene rings is 1. The SMILES string of the molecule is CCc1ccc(CNCC(=O)N(C)CC)cc1. The van der Waals surface area contributed by atoms with Crippen molar-refractivity contribution >= 4 is 5.91 Å². The highest BCUT2D eigenvalue weighted by molar-refractivity contribution is 5.77. The van der Waals surface area contributed by atoms with Crippen LogP contribution in [0.15, 0.2) is 24.3 Å². The Kier molecular flexibility index (Phi) is 5.70. The van der Waals surface area contributed by atoms with E-state index in [4.69, 9.17) is 0 Å². The minimum atomic E-state index is 0.137. The molecule has 1 aromatic rings. The molecule has 0 aliphatic heterocycles. The van der Waals surface area contributed by atoms with E-state index in [0.29, 0.717) is 6.54 Å². The monoisotopic (exact) mass is 234 g/mol. The molecule has 0 radical (unpaired) electrons. The lowest BCUT2D eigenvalue weighted by atomic mass is 10.1. The summed E-state index contributed by atoms with van der Waals surface area (Å²) in [5.74, 6) is 0.137. The molecule has 0 aliphatic carbocycles. The highest BCUT2D eigenvalue weighted by Crippen LogP contribution is 2.04. The van der Waals surface area contributed by atoms with Crippen LogP contribution in [-0.4, -0.2) is 30.9 Å². The van der Waals surface area contributed by atoms with Crippen LogP contribution in [-0.2, 0) is 17.8 Å². The summed E-state index contributed by atoms with van der Waals surface area (Å²) in [6, 6.07) is 8.49. The van der Waals surface area contributed by atoms with Gasteiger partial charge in [-0.15, -0.1) is 0 Å². The molecule has 3 nitrogen and oxygen atoms in total. The molecule has 17 heavy (non-hydrogen) atoms. The molecular formula is C14H22N2O. The van der Waals surface area contributed by atoms with Crippen LogP contribution >= 0.6 is 0 Å². The smallest absolute Gasteiger partial charge is 0.236 e. The average molecular weight is 234 g/mol. The maximum absolute atomic E-state index is 11.5. The van der Waals surface area contributed by atoms with Crippen LogP contribution in [0.5, 0.6) is 0 Å². The van der Waals surface area contributed by atoms with Crippen molar-refractivity contribution in [1.82, 2.24) is 10.2 Å². The second-order valence-electron chi connectivity index (χ2n) is 4.18. The molecule has 1 amide bonds. The molecule has 1 aromatic carbocycles. The van der Waals surface area contributed by atoms with E-state index in [1.807, 2.05) is 14.0 Å². The van der Waals surface area contributed by atoms with E-state index in [1.165, 1.54) is 11.1 Å². The number of aryl methyl sites for hydroxylation is 1. The molecule has 1 N–H and O–H groups in total. The van der Waals surface area contributed by atoms with Gasteiger partial charge >= 0.3 is 0 Å². The molecule has 0 saturated heterocycles. The van der Waals surface area contributed by atoms with Crippen molar-refractivity contribution in [3.05, 3.63) is 35.4 Å². The van der Waals surface area contributed by atoms with Crippen LogP contribution in [0, 0.1) is 0 Å². The van der Waals surface area contributed by atoms with Gasteiger partial charge in [-0.3, -0.25) is 4.79 Å². The van der Waals surface area contributed by atoms with Gasteiger partial charge in [0.25, 0.3) is 0 Å². The van der Waals surface area contributed by atoms with E-state index >= 15 is 0 Å². The summed E-state index contributed by atoms with van der Waals surface area (Å²) < 4.78 is 0. The van der Waals surface area contributed by atoms with Crippen molar-refractivity contribution in [2.24, 2.45) is 0 Å².